The molecule has 0 radical (unpaired) electrons. The molecule has 0 bridgehead atoms. The Morgan fingerprint density at radius 1 is 1.15 bits per heavy atom. The predicted molar refractivity (Wildman–Crippen MR) is 83.8 cm³/mol. The SMILES string of the molecule is COC(=O)c1ccccc1CSc1ccc(Cl)c(Cl)c1. The molecule has 2 aromatic carbocycles. The Labute approximate surface area is 132 Å². The third kappa shape index (κ3) is 3.69. The topological polar surface area (TPSA) is 26.3 Å². The van der Waals surface area contributed by atoms with Gasteiger partial charge in [-0.2, -0.15) is 0 Å². The molecular formula is C15H12Cl2O2S. The number of carbonyl (C=O) groups is 1. The molecule has 0 atom stereocenters. The van der Waals surface area contributed by atoms with Gasteiger partial charge in [0, 0.05) is 10.6 Å². The van der Waals surface area contributed by atoms with E-state index in [1.54, 1.807) is 23.9 Å². The number of carbonyl (C=O) groups excluding carboxylic acids is 1. The Kier molecular flexibility index (Phi) is 5.35. The molecule has 0 aliphatic carbocycles. The Balaban J connectivity index is 2.14. The lowest BCUT2D eigenvalue weighted by Crippen LogP contribution is -2.04. The van der Waals surface area contributed by atoms with E-state index in [1.165, 1.54) is 7.11 Å². The number of thioether (sulfide) groups is 1. The second-order valence-electron chi connectivity index (χ2n) is 4.01. The maximum absolute atomic E-state index is 11.7. The van der Waals surface area contributed by atoms with Crippen molar-refractivity contribution in [2.75, 3.05) is 7.11 Å². The largest absolute Gasteiger partial charge is 0.465 e. The van der Waals surface area contributed by atoms with Crippen molar-refractivity contribution in [2.45, 2.75) is 10.6 Å². The number of ether oxygens (including phenoxy) is 1. The molecule has 5 heteroatoms. The van der Waals surface area contributed by atoms with Crippen molar-refractivity contribution < 1.29 is 9.53 Å². The molecule has 2 nitrogen and oxygen atoms in total. The van der Waals surface area contributed by atoms with Gasteiger partial charge >= 0.3 is 5.97 Å². The number of rotatable bonds is 4. The number of hydrogen-bond donors (Lipinski definition) is 0. The molecule has 2 rings (SSSR count). The van der Waals surface area contributed by atoms with Gasteiger partial charge in [0.05, 0.1) is 22.7 Å². The lowest BCUT2D eigenvalue weighted by molar-refractivity contribution is 0.0600. The number of methoxy groups -OCH3 is 1. The van der Waals surface area contributed by atoms with Crippen LogP contribution in [-0.2, 0) is 10.5 Å². The van der Waals surface area contributed by atoms with Gasteiger partial charge in [-0.05, 0) is 29.8 Å². The first-order chi connectivity index (χ1) is 9.61. The van der Waals surface area contributed by atoms with E-state index in [0.717, 1.165) is 10.5 Å². The van der Waals surface area contributed by atoms with Crippen LogP contribution in [0, 0.1) is 0 Å². The summed E-state index contributed by atoms with van der Waals surface area (Å²) in [5, 5.41) is 1.06. The van der Waals surface area contributed by atoms with E-state index in [0.29, 0.717) is 21.4 Å². The zero-order valence-corrected chi connectivity index (χ0v) is 13.1. The minimum absolute atomic E-state index is 0.324. The second kappa shape index (κ2) is 7.02. The molecule has 104 valence electrons. The highest BCUT2D eigenvalue weighted by Gasteiger charge is 2.11. The van der Waals surface area contributed by atoms with Crippen LogP contribution in [0.4, 0.5) is 0 Å². The number of hydrogen-bond acceptors (Lipinski definition) is 3. The van der Waals surface area contributed by atoms with Crippen molar-refractivity contribution in [1.82, 2.24) is 0 Å². The quantitative estimate of drug-likeness (QED) is 0.579. The molecule has 0 fully saturated rings. The predicted octanol–water partition coefficient (Wildman–Crippen LogP) is 5.07. The van der Waals surface area contributed by atoms with Gasteiger partial charge in [0.2, 0.25) is 0 Å². The summed E-state index contributed by atoms with van der Waals surface area (Å²) < 4.78 is 4.78. The summed E-state index contributed by atoms with van der Waals surface area (Å²) in [6.07, 6.45) is 0. The van der Waals surface area contributed by atoms with E-state index in [-0.39, 0.29) is 5.97 Å². The lowest BCUT2D eigenvalue weighted by Gasteiger charge is -2.08. The van der Waals surface area contributed by atoms with Crippen LogP contribution in [0.25, 0.3) is 0 Å². The fraction of sp³-hybridized carbons (Fsp3) is 0.133. The van der Waals surface area contributed by atoms with Crippen LogP contribution >= 0.6 is 35.0 Å². The summed E-state index contributed by atoms with van der Waals surface area (Å²) in [7, 11) is 1.38. The zero-order chi connectivity index (χ0) is 14.5. The van der Waals surface area contributed by atoms with Gasteiger partial charge in [-0.15, -0.1) is 11.8 Å². The zero-order valence-electron chi connectivity index (χ0n) is 10.7. The van der Waals surface area contributed by atoms with E-state index in [2.05, 4.69) is 0 Å². The second-order valence-corrected chi connectivity index (χ2v) is 5.88. The highest BCUT2D eigenvalue weighted by molar-refractivity contribution is 7.98. The van der Waals surface area contributed by atoms with Gasteiger partial charge in [-0.3, -0.25) is 0 Å². The van der Waals surface area contributed by atoms with E-state index < -0.39 is 0 Å². The third-order valence-electron chi connectivity index (χ3n) is 2.71. The van der Waals surface area contributed by atoms with Gasteiger partial charge in [0.15, 0.2) is 0 Å². The average Bonchev–Trinajstić information content (AvgIpc) is 2.48. The molecular weight excluding hydrogens is 315 g/mol. The van der Waals surface area contributed by atoms with E-state index >= 15 is 0 Å². The first kappa shape index (κ1) is 15.2. The maximum Gasteiger partial charge on any atom is 0.338 e. The number of benzene rings is 2. The molecule has 20 heavy (non-hydrogen) atoms. The fourth-order valence-corrected chi connectivity index (χ4v) is 2.99. The van der Waals surface area contributed by atoms with E-state index in [4.69, 9.17) is 27.9 Å². The van der Waals surface area contributed by atoms with Crippen LogP contribution in [0.1, 0.15) is 15.9 Å². The first-order valence-electron chi connectivity index (χ1n) is 5.86. The Morgan fingerprint density at radius 3 is 2.60 bits per heavy atom. The van der Waals surface area contributed by atoms with Crippen molar-refractivity contribution in [1.29, 1.82) is 0 Å². The molecule has 0 spiro atoms. The molecule has 0 aromatic heterocycles. The van der Waals surface area contributed by atoms with Crippen molar-refractivity contribution in [2.24, 2.45) is 0 Å². The molecule has 0 unspecified atom stereocenters. The van der Waals surface area contributed by atoms with Gasteiger partial charge in [-0.25, -0.2) is 4.79 Å². The molecule has 0 aliphatic rings. The lowest BCUT2D eigenvalue weighted by atomic mass is 10.1. The Bertz CT molecular complexity index is 629. The van der Waals surface area contributed by atoms with Gasteiger partial charge in [-0.1, -0.05) is 41.4 Å². The van der Waals surface area contributed by atoms with Crippen LogP contribution < -0.4 is 0 Å². The molecule has 0 aliphatic heterocycles. The molecule has 0 N–H and O–H groups in total. The highest BCUT2D eigenvalue weighted by atomic mass is 35.5. The van der Waals surface area contributed by atoms with E-state index in [1.807, 2.05) is 30.3 Å². The summed E-state index contributed by atoms with van der Waals surface area (Å²) in [4.78, 5) is 12.7. The average molecular weight is 327 g/mol. The summed E-state index contributed by atoms with van der Waals surface area (Å²) in [6.45, 7) is 0. The van der Waals surface area contributed by atoms with Crippen LogP contribution in [-0.4, -0.2) is 13.1 Å². The molecule has 2 aromatic rings. The van der Waals surface area contributed by atoms with Crippen molar-refractivity contribution in [3.8, 4) is 0 Å². The number of esters is 1. The molecule has 0 saturated heterocycles. The normalized spacial score (nSPS) is 10.3. The van der Waals surface area contributed by atoms with Crippen molar-refractivity contribution in [3.63, 3.8) is 0 Å². The monoisotopic (exact) mass is 326 g/mol. The third-order valence-corrected chi connectivity index (χ3v) is 4.49. The van der Waals surface area contributed by atoms with Gasteiger partial charge in [0.25, 0.3) is 0 Å². The van der Waals surface area contributed by atoms with Crippen molar-refractivity contribution in [3.05, 3.63) is 63.6 Å². The maximum atomic E-state index is 11.7. The summed E-state index contributed by atoms with van der Waals surface area (Å²) in [6, 6.07) is 12.9. The summed E-state index contributed by atoms with van der Waals surface area (Å²) in [5.74, 6) is 0.332. The first-order valence-corrected chi connectivity index (χ1v) is 7.60. The molecule has 0 saturated carbocycles. The van der Waals surface area contributed by atoms with Crippen LogP contribution in [0.15, 0.2) is 47.4 Å². The van der Waals surface area contributed by atoms with Crippen molar-refractivity contribution >= 4 is 40.9 Å². The summed E-state index contributed by atoms with van der Waals surface area (Å²) in [5.41, 5.74) is 1.51. The number of halogens is 2. The molecule has 0 amide bonds. The molecule has 0 heterocycles. The van der Waals surface area contributed by atoms with Gasteiger partial charge in [0.1, 0.15) is 0 Å². The highest BCUT2D eigenvalue weighted by Crippen LogP contribution is 2.30. The van der Waals surface area contributed by atoms with Crippen LogP contribution in [0.5, 0.6) is 0 Å². The Morgan fingerprint density at radius 2 is 1.90 bits per heavy atom. The van der Waals surface area contributed by atoms with Crippen LogP contribution in [0.3, 0.4) is 0 Å². The summed E-state index contributed by atoms with van der Waals surface area (Å²) >= 11 is 13.4. The van der Waals surface area contributed by atoms with E-state index in [9.17, 15) is 4.79 Å². The standard InChI is InChI=1S/C15H12Cl2O2S/c1-19-15(18)12-5-3-2-4-10(12)9-20-11-6-7-13(16)14(17)8-11/h2-8H,9H2,1H3. The van der Waals surface area contributed by atoms with Crippen LogP contribution in [0.2, 0.25) is 10.0 Å². The minimum atomic E-state index is -0.324. The Hall–Kier alpha value is -1.16. The smallest absolute Gasteiger partial charge is 0.338 e. The fourth-order valence-electron chi connectivity index (χ4n) is 1.68. The minimum Gasteiger partial charge on any atom is -0.465 e. The van der Waals surface area contributed by atoms with Gasteiger partial charge < -0.3 is 4.74 Å².